The number of anilines is 1. The molecule has 1 aliphatic rings. The second kappa shape index (κ2) is 7.91. The normalized spacial score (nSPS) is 15.0. The number of benzene rings is 1. The van der Waals surface area contributed by atoms with E-state index >= 15 is 0 Å². The van der Waals surface area contributed by atoms with Crippen LogP contribution in [-0.4, -0.2) is 53.6 Å². The van der Waals surface area contributed by atoms with Crippen molar-refractivity contribution in [2.45, 2.75) is 19.3 Å². The molecule has 0 unspecified atom stereocenters. The van der Waals surface area contributed by atoms with E-state index in [1.807, 2.05) is 29.2 Å². The molecule has 0 saturated carbocycles. The zero-order valence-corrected chi connectivity index (χ0v) is 15.9. The van der Waals surface area contributed by atoms with Gasteiger partial charge in [0, 0.05) is 55.6 Å². The van der Waals surface area contributed by atoms with E-state index < -0.39 is 0 Å². The second-order valence-electron chi connectivity index (χ2n) is 7.07. The Kier molecular flexibility index (Phi) is 5.61. The summed E-state index contributed by atoms with van der Waals surface area (Å²) in [7, 11) is 0. The third-order valence-electron chi connectivity index (χ3n) is 4.71. The number of urea groups is 1. The maximum Gasteiger partial charge on any atom is 0.317 e. The molecule has 1 aromatic carbocycles. The van der Waals surface area contributed by atoms with Gasteiger partial charge in [0.2, 0.25) is 5.95 Å². The van der Waals surface area contributed by atoms with E-state index in [9.17, 15) is 4.79 Å². The highest BCUT2D eigenvalue weighted by Gasteiger charge is 2.25. The first-order chi connectivity index (χ1) is 12.5. The Morgan fingerprint density at radius 2 is 1.73 bits per heavy atom. The van der Waals surface area contributed by atoms with Crippen LogP contribution in [0.4, 0.5) is 10.7 Å². The summed E-state index contributed by atoms with van der Waals surface area (Å²) >= 11 is 5.96. The molecular weight excluding hydrogens is 350 g/mol. The summed E-state index contributed by atoms with van der Waals surface area (Å²) < 4.78 is 0. The first-order valence-corrected chi connectivity index (χ1v) is 9.14. The van der Waals surface area contributed by atoms with Crippen LogP contribution in [0.25, 0.3) is 0 Å². The predicted molar refractivity (Wildman–Crippen MR) is 104 cm³/mol. The monoisotopic (exact) mass is 373 g/mol. The summed E-state index contributed by atoms with van der Waals surface area (Å²) in [5.41, 5.74) is 0.980. The minimum Gasteiger partial charge on any atom is -0.337 e. The highest BCUT2D eigenvalue weighted by atomic mass is 35.5. The van der Waals surface area contributed by atoms with Crippen LogP contribution in [-0.2, 0) is 5.41 Å². The molecule has 0 aliphatic carbocycles. The highest BCUT2D eigenvalue weighted by molar-refractivity contribution is 6.30. The van der Waals surface area contributed by atoms with Gasteiger partial charge in [-0.3, -0.25) is 0 Å². The Labute approximate surface area is 159 Å². The fourth-order valence-electron chi connectivity index (χ4n) is 2.98. The third-order valence-corrected chi connectivity index (χ3v) is 4.96. The van der Waals surface area contributed by atoms with Gasteiger partial charge in [-0.2, -0.15) is 0 Å². The quantitative estimate of drug-likeness (QED) is 0.895. The zero-order chi connectivity index (χ0) is 18.6. The van der Waals surface area contributed by atoms with Gasteiger partial charge in [-0.05, 0) is 23.8 Å². The Morgan fingerprint density at radius 1 is 1.12 bits per heavy atom. The Balaban J connectivity index is 1.50. The van der Waals surface area contributed by atoms with E-state index in [1.54, 1.807) is 18.5 Å². The maximum absolute atomic E-state index is 12.5. The van der Waals surface area contributed by atoms with Gasteiger partial charge in [-0.1, -0.05) is 37.6 Å². The molecule has 0 spiro atoms. The molecule has 26 heavy (non-hydrogen) atoms. The molecule has 7 heteroatoms. The fourth-order valence-corrected chi connectivity index (χ4v) is 3.10. The SMILES string of the molecule is CC(C)(CNC(=O)N1CCN(c2ncccn2)CC1)c1ccc(Cl)cc1. The summed E-state index contributed by atoms with van der Waals surface area (Å²) in [5, 5.41) is 3.78. The molecule has 2 heterocycles. The summed E-state index contributed by atoms with van der Waals surface area (Å²) in [6.07, 6.45) is 3.47. The van der Waals surface area contributed by atoms with E-state index in [0.29, 0.717) is 24.7 Å². The van der Waals surface area contributed by atoms with Crippen LogP contribution in [0.5, 0.6) is 0 Å². The van der Waals surface area contributed by atoms with Crippen LogP contribution in [0, 0.1) is 0 Å². The molecular formula is C19H24ClN5O. The number of hydrogen-bond donors (Lipinski definition) is 1. The average molecular weight is 374 g/mol. The molecule has 0 bridgehead atoms. The molecule has 2 aromatic rings. The molecule has 1 aromatic heterocycles. The number of rotatable bonds is 4. The summed E-state index contributed by atoms with van der Waals surface area (Å²) in [6, 6.07) is 9.55. The van der Waals surface area contributed by atoms with Crippen molar-refractivity contribution in [1.82, 2.24) is 20.2 Å². The highest BCUT2D eigenvalue weighted by Crippen LogP contribution is 2.24. The first-order valence-electron chi connectivity index (χ1n) is 8.76. The Morgan fingerprint density at radius 3 is 2.35 bits per heavy atom. The lowest BCUT2D eigenvalue weighted by Gasteiger charge is -2.35. The van der Waals surface area contributed by atoms with Crippen LogP contribution in [0.3, 0.4) is 0 Å². The fraction of sp³-hybridized carbons (Fsp3) is 0.421. The molecule has 1 fully saturated rings. The van der Waals surface area contributed by atoms with Gasteiger partial charge >= 0.3 is 6.03 Å². The summed E-state index contributed by atoms with van der Waals surface area (Å²) in [5.74, 6) is 0.719. The van der Waals surface area contributed by atoms with Crippen LogP contribution in [0.15, 0.2) is 42.7 Å². The lowest BCUT2D eigenvalue weighted by atomic mass is 9.85. The van der Waals surface area contributed by atoms with Crippen molar-refractivity contribution in [1.29, 1.82) is 0 Å². The van der Waals surface area contributed by atoms with Crippen molar-refractivity contribution in [3.63, 3.8) is 0 Å². The van der Waals surface area contributed by atoms with Gasteiger partial charge in [0.05, 0.1) is 0 Å². The van der Waals surface area contributed by atoms with E-state index in [2.05, 4.69) is 34.0 Å². The number of nitrogens with one attached hydrogen (secondary N) is 1. The van der Waals surface area contributed by atoms with E-state index in [4.69, 9.17) is 11.6 Å². The smallest absolute Gasteiger partial charge is 0.317 e. The molecule has 3 rings (SSSR count). The summed E-state index contributed by atoms with van der Waals surface area (Å²) in [4.78, 5) is 25.0. The van der Waals surface area contributed by atoms with Crippen molar-refractivity contribution < 1.29 is 4.79 Å². The van der Waals surface area contributed by atoms with Crippen molar-refractivity contribution in [2.24, 2.45) is 0 Å². The van der Waals surface area contributed by atoms with Crippen LogP contribution in [0.1, 0.15) is 19.4 Å². The zero-order valence-electron chi connectivity index (χ0n) is 15.2. The van der Waals surface area contributed by atoms with Crippen molar-refractivity contribution >= 4 is 23.6 Å². The number of amides is 2. The van der Waals surface area contributed by atoms with Gasteiger partial charge in [0.25, 0.3) is 0 Å². The second-order valence-corrected chi connectivity index (χ2v) is 7.51. The third kappa shape index (κ3) is 4.43. The standard InChI is InChI=1S/C19H24ClN5O/c1-19(2,15-4-6-16(20)7-5-15)14-23-18(26)25-12-10-24(11-13-25)17-21-8-3-9-22-17/h3-9H,10-14H2,1-2H3,(H,23,26). The molecule has 2 amide bonds. The van der Waals surface area contributed by atoms with Gasteiger partial charge < -0.3 is 15.1 Å². The minimum atomic E-state index is -0.167. The molecule has 138 valence electrons. The average Bonchev–Trinajstić information content (AvgIpc) is 2.67. The van der Waals surface area contributed by atoms with E-state index in [1.165, 1.54) is 0 Å². The largest absolute Gasteiger partial charge is 0.337 e. The Hall–Kier alpha value is -2.34. The van der Waals surface area contributed by atoms with Gasteiger partial charge in [0.15, 0.2) is 0 Å². The van der Waals surface area contributed by atoms with Crippen LogP contribution >= 0.6 is 11.6 Å². The topological polar surface area (TPSA) is 61.4 Å². The van der Waals surface area contributed by atoms with Crippen molar-refractivity contribution in [3.05, 3.63) is 53.3 Å². The van der Waals surface area contributed by atoms with Crippen LogP contribution in [0.2, 0.25) is 5.02 Å². The molecule has 0 atom stereocenters. The molecule has 0 radical (unpaired) electrons. The van der Waals surface area contributed by atoms with Gasteiger partial charge in [0.1, 0.15) is 0 Å². The Bertz CT molecular complexity index is 727. The number of halogens is 1. The van der Waals surface area contributed by atoms with Crippen LogP contribution < -0.4 is 10.2 Å². The lowest BCUT2D eigenvalue weighted by molar-refractivity contribution is 0.192. The molecule has 1 N–H and O–H groups in total. The number of carbonyl (C=O) groups is 1. The van der Waals surface area contributed by atoms with Gasteiger partial charge in [-0.15, -0.1) is 0 Å². The molecule has 6 nitrogen and oxygen atoms in total. The van der Waals surface area contributed by atoms with Gasteiger partial charge in [-0.25, -0.2) is 14.8 Å². The number of nitrogens with zero attached hydrogens (tertiary/aromatic N) is 4. The molecule has 1 saturated heterocycles. The van der Waals surface area contributed by atoms with Crippen molar-refractivity contribution in [2.75, 3.05) is 37.6 Å². The number of hydrogen-bond acceptors (Lipinski definition) is 4. The first kappa shape index (κ1) is 18.5. The van der Waals surface area contributed by atoms with Crippen molar-refractivity contribution in [3.8, 4) is 0 Å². The van der Waals surface area contributed by atoms with E-state index in [0.717, 1.165) is 24.6 Å². The minimum absolute atomic E-state index is 0.0272. The number of carbonyl (C=O) groups excluding carboxylic acids is 1. The predicted octanol–water partition coefficient (Wildman–Crippen LogP) is 2.94. The van der Waals surface area contributed by atoms with E-state index in [-0.39, 0.29) is 11.4 Å². The molecule has 1 aliphatic heterocycles. The number of aromatic nitrogens is 2. The number of piperazine rings is 1. The lowest BCUT2D eigenvalue weighted by Crippen LogP contribution is -2.53. The maximum atomic E-state index is 12.5. The summed E-state index contributed by atoms with van der Waals surface area (Å²) in [6.45, 7) is 7.57.